The molecule has 0 radical (unpaired) electrons. The number of carbonyl (C=O) groups is 1. The number of esters is 1. The second-order valence-electron chi connectivity index (χ2n) is 1.43. The van der Waals surface area contributed by atoms with E-state index in [4.69, 9.17) is 10.5 Å². The Balaban J connectivity index is 0. The fourth-order valence-electron chi connectivity index (χ4n) is 0.108. The van der Waals surface area contributed by atoms with Crippen molar-refractivity contribution in [1.82, 2.24) is 0 Å². The molecule has 0 heterocycles. The molecule has 0 rings (SSSR count). The molecular formula is C8H8N2O2. The summed E-state index contributed by atoms with van der Waals surface area (Å²) in [5.74, 6) is -0.394. The SMILES string of the molecule is C=C(C#N)C#N.C=CC(=O)OC. The first-order valence-electron chi connectivity index (χ1n) is 2.81. The first kappa shape index (κ1) is 12.6. The summed E-state index contributed by atoms with van der Waals surface area (Å²) >= 11 is 0. The van der Waals surface area contributed by atoms with Crippen LogP contribution in [0.3, 0.4) is 0 Å². The summed E-state index contributed by atoms with van der Waals surface area (Å²) in [6, 6.07) is 3.12. The van der Waals surface area contributed by atoms with Crippen LogP contribution >= 0.6 is 0 Å². The minimum Gasteiger partial charge on any atom is -0.466 e. The molecule has 0 aliphatic heterocycles. The van der Waals surface area contributed by atoms with Crippen LogP contribution in [0.4, 0.5) is 0 Å². The Hall–Kier alpha value is -2.07. The molecule has 0 aliphatic carbocycles. The lowest BCUT2D eigenvalue weighted by Gasteiger charge is -1.83. The van der Waals surface area contributed by atoms with E-state index in [1.54, 1.807) is 12.1 Å². The van der Waals surface area contributed by atoms with E-state index in [0.29, 0.717) is 0 Å². The van der Waals surface area contributed by atoms with Gasteiger partial charge in [0.15, 0.2) is 0 Å². The Morgan fingerprint density at radius 1 is 1.50 bits per heavy atom. The number of hydrogen-bond acceptors (Lipinski definition) is 4. The van der Waals surface area contributed by atoms with E-state index in [9.17, 15) is 4.79 Å². The Morgan fingerprint density at radius 3 is 1.92 bits per heavy atom. The standard InChI is InChI=1S/C4H2N2.C4H6O2/c1-4(2-5)3-6;1-3-4(5)6-2/h1H2;3H,1H2,2H3. The summed E-state index contributed by atoms with van der Waals surface area (Å²) in [5, 5.41) is 15.5. The minimum absolute atomic E-state index is 0.0463. The Labute approximate surface area is 71.0 Å². The van der Waals surface area contributed by atoms with Crippen molar-refractivity contribution in [3.05, 3.63) is 24.8 Å². The topological polar surface area (TPSA) is 73.9 Å². The lowest BCUT2D eigenvalue weighted by atomic mass is 10.4. The number of hydrogen-bond donors (Lipinski definition) is 0. The average molecular weight is 164 g/mol. The van der Waals surface area contributed by atoms with Gasteiger partial charge in [-0.05, 0) is 0 Å². The fourth-order valence-corrected chi connectivity index (χ4v) is 0.108. The predicted molar refractivity (Wildman–Crippen MR) is 42.6 cm³/mol. The maximum Gasteiger partial charge on any atom is 0.329 e. The molecule has 4 heteroatoms. The van der Waals surface area contributed by atoms with Crippen LogP contribution in [-0.2, 0) is 9.53 Å². The monoisotopic (exact) mass is 164 g/mol. The largest absolute Gasteiger partial charge is 0.466 e. The lowest BCUT2D eigenvalue weighted by Crippen LogP contribution is -1.91. The van der Waals surface area contributed by atoms with Crippen molar-refractivity contribution in [2.45, 2.75) is 0 Å². The number of nitrogens with zero attached hydrogens (tertiary/aromatic N) is 2. The molecule has 0 unspecified atom stereocenters. The zero-order chi connectivity index (χ0) is 9.98. The number of carbonyl (C=O) groups excluding carboxylic acids is 1. The van der Waals surface area contributed by atoms with Crippen molar-refractivity contribution < 1.29 is 9.53 Å². The van der Waals surface area contributed by atoms with Crippen LogP contribution in [0.15, 0.2) is 24.8 Å². The van der Waals surface area contributed by atoms with E-state index in [1.165, 1.54) is 7.11 Å². The van der Waals surface area contributed by atoms with Gasteiger partial charge in [0.2, 0.25) is 0 Å². The van der Waals surface area contributed by atoms with Gasteiger partial charge in [-0.3, -0.25) is 0 Å². The summed E-state index contributed by atoms with van der Waals surface area (Å²) in [6.45, 7) is 6.23. The fraction of sp³-hybridized carbons (Fsp3) is 0.125. The van der Waals surface area contributed by atoms with E-state index in [1.807, 2.05) is 0 Å². The van der Waals surface area contributed by atoms with Gasteiger partial charge in [-0.1, -0.05) is 13.2 Å². The van der Waals surface area contributed by atoms with Crippen LogP contribution in [0.5, 0.6) is 0 Å². The smallest absolute Gasteiger partial charge is 0.329 e. The maximum atomic E-state index is 9.84. The van der Waals surface area contributed by atoms with Gasteiger partial charge in [-0.15, -0.1) is 0 Å². The minimum atomic E-state index is -0.394. The first-order valence-corrected chi connectivity index (χ1v) is 2.81. The quantitative estimate of drug-likeness (QED) is 0.328. The number of allylic oxidation sites excluding steroid dienone is 1. The van der Waals surface area contributed by atoms with Crippen molar-refractivity contribution in [2.75, 3.05) is 7.11 Å². The molecule has 0 aromatic rings. The zero-order valence-corrected chi connectivity index (χ0v) is 6.70. The highest BCUT2D eigenvalue weighted by Crippen LogP contribution is 1.75. The zero-order valence-electron chi connectivity index (χ0n) is 6.70. The second-order valence-corrected chi connectivity index (χ2v) is 1.43. The lowest BCUT2D eigenvalue weighted by molar-refractivity contribution is -0.134. The van der Waals surface area contributed by atoms with Gasteiger partial charge in [0.1, 0.15) is 17.7 Å². The van der Waals surface area contributed by atoms with Crippen molar-refractivity contribution in [3.63, 3.8) is 0 Å². The Bertz CT molecular complexity index is 239. The van der Waals surface area contributed by atoms with Gasteiger partial charge in [-0.25, -0.2) is 4.79 Å². The predicted octanol–water partition coefficient (Wildman–Crippen LogP) is 0.935. The van der Waals surface area contributed by atoms with Crippen molar-refractivity contribution in [3.8, 4) is 12.1 Å². The molecule has 0 bridgehead atoms. The molecule has 12 heavy (non-hydrogen) atoms. The third-order valence-electron chi connectivity index (χ3n) is 0.638. The van der Waals surface area contributed by atoms with E-state index in [0.717, 1.165) is 6.08 Å². The van der Waals surface area contributed by atoms with Crippen LogP contribution in [0, 0.1) is 22.7 Å². The van der Waals surface area contributed by atoms with E-state index < -0.39 is 5.97 Å². The summed E-state index contributed by atoms with van der Waals surface area (Å²) < 4.78 is 4.14. The number of methoxy groups -OCH3 is 1. The molecule has 62 valence electrons. The van der Waals surface area contributed by atoms with Crippen LogP contribution in [0.2, 0.25) is 0 Å². The van der Waals surface area contributed by atoms with Crippen molar-refractivity contribution >= 4 is 5.97 Å². The molecule has 0 amide bonds. The highest BCUT2D eigenvalue weighted by molar-refractivity contribution is 5.80. The van der Waals surface area contributed by atoms with E-state index >= 15 is 0 Å². The molecule has 4 nitrogen and oxygen atoms in total. The van der Waals surface area contributed by atoms with E-state index in [-0.39, 0.29) is 5.57 Å². The second kappa shape index (κ2) is 8.93. The van der Waals surface area contributed by atoms with Crippen LogP contribution in [0.25, 0.3) is 0 Å². The number of nitriles is 2. The van der Waals surface area contributed by atoms with Gasteiger partial charge in [0, 0.05) is 6.08 Å². The first-order chi connectivity index (χ1) is 5.62. The Morgan fingerprint density at radius 2 is 1.92 bits per heavy atom. The normalized spacial score (nSPS) is 5.92. The number of rotatable bonds is 1. The number of ether oxygens (including phenoxy) is 1. The third-order valence-corrected chi connectivity index (χ3v) is 0.638. The average Bonchev–Trinajstić information content (AvgIpc) is 2.16. The maximum absolute atomic E-state index is 9.84. The molecule has 0 aromatic carbocycles. The van der Waals surface area contributed by atoms with Gasteiger partial charge in [-0.2, -0.15) is 10.5 Å². The highest BCUT2D eigenvalue weighted by atomic mass is 16.5. The summed E-state index contributed by atoms with van der Waals surface area (Å²) in [4.78, 5) is 9.84. The van der Waals surface area contributed by atoms with Gasteiger partial charge >= 0.3 is 5.97 Å². The molecule has 0 N–H and O–H groups in total. The molecule has 0 aromatic heterocycles. The van der Waals surface area contributed by atoms with Gasteiger partial charge < -0.3 is 4.74 Å². The Kier molecular flexibility index (Phi) is 9.37. The van der Waals surface area contributed by atoms with Crippen molar-refractivity contribution in [2.24, 2.45) is 0 Å². The molecule has 0 atom stereocenters. The van der Waals surface area contributed by atoms with Crippen LogP contribution in [-0.4, -0.2) is 13.1 Å². The molecule has 0 spiro atoms. The molecule has 0 saturated carbocycles. The van der Waals surface area contributed by atoms with E-state index in [2.05, 4.69) is 17.9 Å². The molecule has 0 aliphatic rings. The highest BCUT2D eigenvalue weighted by Gasteiger charge is 1.81. The van der Waals surface area contributed by atoms with Crippen LogP contribution in [0.1, 0.15) is 0 Å². The van der Waals surface area contributed by atoms with Gasteiger partial charge in [0.05, 0.1) is 7.11 Å². The van der Waals surface area contributed by atoms with Gasteiger partial charge in [0.25, 0.3) is 0 Å². The molecule has 0 fully saturated rings. The summed E-state index contributed by atoms with van der Waals surface area (Å²) in [5.41, 5.74) is -0.0463. The third kappa shape index (κ3) is 10.8. The summed E-state index contributed by atoms with van der Waals surface area (Å²) in [6.07, 6.45) is 1.11. The van der Waals surface area contributed by atoms with Crippen LogP contribution < -0.4 is 0 Å². The molecule has 0 saturated heterocycles. The molecular weight excluding hydrogens is 156 g/mol. The van der Waals surface area contributed by atoms with Crippen molar-refractivity contribution in [1.29, 1.82) is 10.5 Å². The summed E-state index contributed by atoms with van der Waals surface area (Å²) in [7, 11) is 1.31.